The van der Waals surface area contributed by atoms with Crippen LogP contribution in [-0.2, 0) is 9.53 Å². The summed E-state index contributed by atoms with van der Waals surface area (Å²) >= 11 is 0. The highest BCUT2D eigenvalue weighted by Gasteiger charge is 2.26. The molecule has 2 heteroatoms. The predicted octanol–water partition coefficient (Wildman–Crippen LogP) is 3.04. The topological polar surface area (TPSA) is 26.3 Å². The second-order valence-corrected chi connectivity index (χ2v) is 4.95. The number of hydrogen-bond donors (Lipinski definition) is 0. The third kappa shape index (κ3) is 4.00. The Bertz CT molecular complexity index is 281. The van der Waals surface area contributed by atoms with Crippen molar-refractivity contribution in [3.05, 3.63) is 24.3 Å². The van der Waals surface area contributed by atoms with Crippen LogP contribution in [0.15, 0.2) is 24.3 Å². The van der Waals surface area contributed by atoms with E-state index in [0.717, 1.165) is 18.4 Å². The third-order valence-electron chi connectivity index (χ3n) is 2.34. The SMILES string of the molecule is C=C/C=C1\CC(OC(C)(C)C)CCC1=O. The summed E-state index contributed by atoms with van der Waals surface area (Å²) in [6.45, 7) is 9.75. The van der Waals surface area contributed by atoms with E-state index < -0.39 is 0 Å². The van der Waals surface area contributed by atoms with Crippen LogP contribution in [0.4, 0.5) is 0 Å². The molecule has 15 heavy (non-hydrogen) atoms. The molecule has 1 aliphatic carbocycles. The fourth-order valence-corrected chi connectivity index (χ4v) is 1.82. The standard InChI is InChI=1S/C13H20O2/c1-5-6-10-9-11(7-8-12(10)14)15-13(2,3)4/h5-6,11H,1,7-9H2,2-4H3/b10-6+. The average Bonchev–Trinajstić information content (AvgIpc) is 2.09. The summed E-state index contributed by atoms with van der Waals surface area (Å²) < 4.78 is 5.88. The summed E-state index contributed by atoms with van der Waals surface area (Å²) in [6.07, 6.45) is 5.81. The molecule has 0 aliphatic heterocycles. The Morgan fingerprint density at radius 3 is 2.67 bits per heavy atom. The summed E-state index contributed by atoms with van der Waals surface area (Å²) in [5, 5.41) is 0. The van der Waals surface area contributed by atoms with E-state index in [9.17, 15) is 4.79 Å². The van der Waals surface area contributed by atoms with Crippen molar-refractivity contribution in [3.63, 3.8) is 0 Å². The van der Waals surface area contributed by atoms with Crippen LogP contribution in [0.1, 0.15) is 40.0 Å². The first-order chi connectivity index (χ1) is 6.92. The van der Waals surface area contributed by atoms with Gasteiger partial charge in [-0.25, -0.2) is 0 Å². The summed E-state index contributed by atoms with van der Waals surface area (Å²) in [5.41, 5.74) is 0.718. The van der Waals surface area contributed by atoms with E-state index in [1.807, 2.05) is 20.8 Å². The lowest BCUT2D eigenvalue weighted by Crippen LogP contribution is -2.31. The summed E-state index contributed by atoms with van der Waals surface area (Å²) in [6, 6.07) is 0. The van der Waals surface area contributed by atoms with Gasteiger partial charge in [0.15, 0.2) is 5.78 Å². The number of Topliss-reactive ketones (excluding diaryl/α,β-unsaturated/α-hetero) is 1. The first-order valence-electron chi connectivity index (χ1n) is 5.45. The molecule has 0 aromatic carbocycles. The van der Waals surface area contributed by atoms with Gasteiger partial charge >= 0.3 is 0 Å². The third-order valence-corrected chi connectivity index (χ3v) is 2.34. The van der Waals surface area contributed by atoms with Crippen LogP contribution in [0.2, 0.25) is 0 Å². The largest absolute Gasteiger partial charge is 0.372 e. The van der Waals surface area contributed by atoms with Crippen molar-refractivity contribution in [2.75, 3.05) is 0 Å². The number of rotatable bonds is 2. The summed E-state index contributed by atoms with van der Waals surface area (Å²) in [7, 11) is 0. The molecule has 1 fully saturated rings. The maximum Gasteiger partial charge on any atom is 0.159 e. The molecule has 1 rings (SSSR count). The predicted molar refractivity (Wildman–Crippen MR) is 61.8 cm³/mol. The molecule has 0 amide bonds. The molecular formula is C13H20O2. The van der Waals surface area contributed by atoms with Gasteiger partial charge in [0.05, 0.1) is 11.7 Å². The van der Waals surface area contributed by atoms with Crippen LogP contribution in [0.3, 0.4) is 0 Å². The minimum atomic E-state index is -0.135. The molecule has 1 saturated carbocycles. The van der Waals surface area contributed by atoms with Gasteiger partial charge < -0.3 is 4.74 Å². The maximum absolute atomic E-state index is 11.5. The number of carbonyl (C=O) groups excluding carboxylic acids is 1. The fourth-order valence-electron chi connectivity index (χ4n) is 1.82. The molecule has 0 bridgehead atoms. The van der Waals surface area contributed by atoms with E-state index in [2.05, 4.69) is 6.58 Å². The molecule has 1 aliphatic rings. The quantitative estimate of drug-likeness (QED) is 0.652. The van der Waals surface area contributed by atoms with Crippen LogP contribution in [0.25, 0.3) is 0 Å². The molecular weight excluding hydrogens is 188 g/mol. The highest BCUT2D eigenvalue weighted by Crippen LogP contribution is 2.26. The summed E-state index contributed by atoms with van der Waals surface area (Å²) in [5.74, 6) is 0.239. The van der Waals surface area contributed by atoms with Gasteiger partial charge in [0.25, 0.3) is 0 Å². The van der Waals surface area contributed by atoms with Gasteiger partial charge in [-0.2, -0.15) is 0 Å². The molecule has 0 saturated heterocycles. The van der Waals surface area contributed by atoms with Gasteiger partial charge in [-0.3, -0.25) is 4.79 Å². The normalized spacial score (nSPS) is 25.7. The molecule has 0 radical (unpaired) electrons. The van der Waals surface area contributed by atoms with Crippen LogP contribution in [0, 0.1) is 0 Å². The molecule has 2 nitrogen and oxygen atoms in total. The highest BCUT2D eigenvalue weighted by molar-refractivity contribution is 5.96. The molecule has 0 aromatic rings. The lowest BCUT2D eigenvalue weighted by molar-refractivity contribution is -0.121. The molecule has 1 unspecified atom stereocenters. The van der Waals surface area contributed by atoms with Gasteiger partial charge in [-0.15, -0.1) is 0 Å². The van der Waals surface area contributed by atoms with Gasteiger partial charge in [-0.1, -0.05) is 18.7 Å². The molecule has 84 valence electrons. The molecule has 0 N–H and O–H groups in total. The zero-order valence-corrected chi connectivity index (χ0v) is 9.88. The molecule has 1 atom stereocenters. The van der Waals surface area contributed by atoms with Gasteiger partial charge in [0.1, 0.15) is 0 Å². The lowest BCUT2D eigenvalue weighted by Gasteiger charge is -2.30. The Morgan fingerprint density at radius 2 is 2.13 bits per heavy atom. The number of hydrogen-bond acceptors (Lipinski definition) is 2. The second kappa shape index (κ2) is 4.75. The number of carbonyl (C=O) groups is 1. The molecule has 0 heterocycles. The Hall–Kier alpha value is -0.890. The van der Waals surface area contributed by atoms with Crippen molar-refractivity contribution < 1.29 is 9.53 Å². The van der Waals surface area contributed by atoms with Crippen molar-refractivity contribution in [1.29, 1.82) is 0 Å². The smallest absolute Gasteiger partial charge is 0.159 e. The zero-order valence-electron chi connectivity index (χ0n) is 9.88. The van der Waals surface area contributed by atoms with Crippen LogP contribution < -0.4 is 0 Å². The first-order valence-corrected chi connectivity index (χ1v) is 5.45. The zero-order chi connectivity index (χ0) is 11.5. The van der Waals surface area contributed by atoms with Crippen LogP contribution in [0.5, 0.6) is 0 Å². The van der Waals surface area contributed by atoms with Crippen molar-refractivity contribution >= 4 is 5.78 Å². The second-order valence-electron chi connectivity index (χ2n) is 4.95. The Kier molecular flexibility index (Phi) is 3.86. The lowest BCUT2D eigenvalue weighted by atomic mass is 9.90. The van der Waals surface area contributed by atoms with Crippen molar-refractivity contribution in [2.45, 2.75) is 51.7 Å². The highest BCUT2D eigenvalue weighted by atomic mass is 16.5. The summed E-state index contributed by atoms with van der Waals surface area (Å²) in [4.78, 5) is 11.5. The van der Waals surface area contributed by atoms with Crippen LogP contribution in [-0.4, -0.2) is 17.5 Å². The monoisotopic (exact) mass is 208 g/mol. The van der Waals surface area contributed by atoms with Crippen molar-refractivity contribution in [1.82, 2.24) is 0 Å². The minimum Gasteiger partial charge on any atom is -0.372 e. The van der Waals surface area contributed by atoms with Crippen LogP contribution >= 0.6 is 0 Å². The Morgan fingerprint density at radius 1 is 1.47 bits per heavy atom. The minimum absolute atomic E-state index is 0.135. The molecule has 0 aromatic heterocycles. The number of ketones is 1. The molecule has 0 spiro atoms. The van der Waals surface area contributed by atoms with Gasteiger partial charge in [0, 0.05) is 12.8 Å². The van der Waals surface area contributed by atoms with E-state index in [0.29, 0.717) is 6.42 Å². The Balaban J connectivity index is 2.62. The van der Waals surface area contributed by atoms with Gasteiger partial charge in [0.2, 0.25) is 0 Å². The van der Waals surface area contributed by atoms with Gasteiger partial charge in [-0.05, 0) is 32.8 Å². The number of allylic oxidation sites excluding steroid dienone is 2. The van der Waals surface area contributed by atoms with E-state index in [-0.39, 0.29) is 17.5 Å². The van der Waals surface area contributed by atoms with E-state index in [1.165, 1.54) is 0 Å². The maximum atomic E-state index is 11.5. The fraction of sp³-hybridized carbons (Fsp3) is 0.615. The average molecular weight is 208 g/mol. The van der Waals surface area contributed by atoms with Crippen molar-refractivity contribution in [3.8, 4) is 0 Å². The van der Waals surface area contributed by atoms with E-state index in [1.54, 1.807) is 12.2 Å². The Labute approximate surface area is 92.0 Å². The van der Waals surface area contributed by atoms with E-state index in [4.69, 9.17) is 4.74 Å². The van der Waals surface area contributed by atoms with Crippen molar-refractivity contribution in [2.24, 2.45) is 0 Å². The first kappa shape index (κ1) is 12.2. The number of ether oxygens (including phenoxy) is 1. The van der Waals surface area contributed by atoms with E-state index >= 15 is 0 Å².